The number of para-hydroxylation sites is 2. The summed E-state index contributed by atoms with van der Waals surface area (Å²) in [6.45, 7) is 3.55. The van der Waals surface area contributed by atoms with Crippen LogP contribution in [0.4, 0.5) is 5.69 Å². The van der Waals surface area contributed by atoms with Gasteiger partial charge in [-0.05, 0) is 24.3 Å². The average molecular weight is 424 g/mol. The lowest BCUT2D eigenvalue weighted by molar-refractivity contribution is 0.0535. The van der Waals surface area contributed by atoms with E-state index in [1.165, 1.54) is 4.90 Å². The summed E-state index contributed by atoms with van der Waals surface area (Å²) in [7, 11) is 1.68. The molecule has 28 heavy (non-hydrogen) atoms. The second-order valence-corrected chi connectivity index (χ2v) is 6.50. The number of amides is 2. The third kappa shape index (κ3) is 3.94. The maximum absolute atomic E-state index is 12.5. The third-order valence-corrected chi connectivity index (χ3v) is 5.02. The van der Waals surface area contributed by atoms with Crippen LogP contribution in [0, 0.1) is 0 Å². The van der Waals surface area contributed by atoms with E-state index >= 15 is 0 Å². The van der Waals surface area contributed by atoms with E-state index in [0.717, 1.165) is 37.6 Å². The molecular weight excluding hydrogens is 401 g/mol. The van der Waals surface area contributed by atoms with E-state index < -0.39 is 0 Å². The molecule has 0 radical (unpaired) electrons. The van der Waals surface area contributed by atoms with Crippen LogP contribution in [0.5, 0.6) is 5.75 Å². The number of rotatable bonds is 4. The number of carbonyl (C=O) groups excluding carboxylic acids is 2. The molecule has 6 nitrogen and oxygen atoms in total. The van der Waals surface area contributed by atoms with Gasteiger partial charge in [0.1, 0.15) is 5.75 Å². The molecule has 2 aromatic carbocycles. The van der Waals surface area contributed by atoms with Gasteiger partial charge in [0.05, 0.1) is 30.6 Å². The number of methoxy groups -OCH3 is 1. The Morgan fingerprint density at radius 2 is 1.36 bits per heavy atom. The molecule has 0 saturated carbocycles. The first-order valence-corrected chi connectivity index (χ1v) is 8.74. The van der Waals surface area contributed by atoms with Gasteiger partial charge in [0.15, 0.2) is 0 Å². The van der Waals surface area contributed by atoms with Crippen molar-refractivity contribution < 1.29 is 14.3 Å². The predicted octanol–water partition coefficient (Wildman–Crippen LogP) is 2.91. The second kappa shape index (κ2) is 9.28. The van der Waals surface area contributed by atoms with Crippen molar-refractivity contribution in [1.82, 2.24) is 9.80 Å². The minimum atomic E-state index is -0.197. The number of fused-ring (bicyclic) bond motifs is 1. The lowest BCUT2D eigenvalue weighted by Gasteiger charge is -2.37. The van der Waals surface area contributed by atoms with Crippen LogP contribution in [-0.4, -0.2) is 61.6 Å². The lowest BCUT2D eigenvalue weighted by Crippen LogP contribution is -2.51. The molecule has 0 unspecified atom stereocenters. The van der Waals surface area contributed by atoms with Crippen molar-refractivity contribution in [2.45, 2.75) is 0 Å². The summed E-state index contributed by atoms with van der Waals surface area (Å²) in [6.07, 6.45) is 0. The van der Waals surface area contributed by atoms with Crippen molar-refractivity contribution in [1.29, 1.82) is 0 Å². The lowest BCUT2D eigenvalue weighted by atomic mass is 10.1. The molecule has 150 valence electrons. The number of ether oxygens (including phenoxy) is 1. The Bertz CT molecular complexity index is 819. The van der Waals surface area contributed by atoms with Gasteiger partial charge >= 0.3 is 0 Å². The molecular formula is C20H23Cl2N3O3. The summed E-state index contributed by atoms with van der Waals surface area (Å²) < 4.78 is 5.44. The zero-order valence-corrected chi connectivity index (χ0v) is 17.2. The summed E-state index contributed by atoms with van der Waals surface area (Å²) in [5.41, 5.74) is 2.09. The average Bonchev–Trinajstić information content (AvgIpc) is 2.94. The van der Waals surface area contributed by atoms with Crippen LogP contribution in [0.15, 0.2) is 48.5 Å². The van der Waals surface area contributed by atoms with E-state index in [1.807, 2.05) is 18.2 Å². The highest BCUT2D eigenvalue weighted by atomic mass is 35.5. The largest absolute Gasteiger partial charge is 0.495 e. The SMILES string of the molecule is COc1ccccc1N1CCN(CN2C(=O)c3ccccc3C2=O)CC1.Cl.Cl. The number of anilines is 1. The standard InChI is InChI=1S/C20H21N3O3.2ClH/c1-26-18-9-5-4-8-17(18)22-12-10-21(11-13-22)14-23-19(24)15-6-2-3-7-16(15)20(23)25;;/h2-9H,10-14H2,1H3;2*1H. The first-order chi connectivity index (χ1) is 12.7. The van der Waals surface area contributed by atoms with E-state index in [4.69, 9.17) is 4.74 Å². The topological polar surface area (TPSA) is 53.1 Å². The van der Waals surface area contributed by atoms with Gasteiger partial charge in [-0.15, -0.1) is 24.8 Å². The number of carbonyl (C=O) groups is 2. The zero-order chi connectivity index (χ0) is 18.1. The molecule has 1 fully saturated rings. The Kier molecular flexibility index (Phi) is 7.29. The monoisotopic (exact) mass is 423 g/mol. The fourth-order valence-corrected chi connectivity index (χ4v) is 3.59. The van der Waals surface area contributed by atoms with Crippen molar-refractivity contribution in [3.05, 3.63) is 59.7 Å². The number of hydrogen-bond acceptors (Lipinski definition) is 5. The van der Waals surface area contributed by atoms with Gasteiger partial charge in [-0.1, -0.05) is 24.3 Å². The van der Waals surface area contributed by atoms with Gasteiger partial charge in [-0.2, -0.15) is 0 Å². The van der Waals surface area contributed by atoms with E-state index in [-0.39, 0.29) is 36.6 Å². The smallest absolute Gasteiger partial charge is 0.262 e. The fourth-order valence-electron chi connectivity index (χ4n) is 3.59. The van der Waals surface area contributed by atoms with E-state index in [9.17, 15) is 9.59 Å². The summed E-state index contributed by atoms with van der Waals surface area (Å²) in [5.74, 6) is 0.469. The van der Waals surface area contributed by atoms with Crippen LogP contribution in [0.2, 0.25) is 0 Å². The Morgan fingerprint density at radius 3 is 1.93 bits per heavy atom. The van der Waals surface area contributed by atoms with Gasteiger partial charge in [0.25, 0.3) is 11.8 Å². The molecule has 2 heterocycles. The van der Waals surface area contributed by atoms with Gasteiger partial charge < -0.3 is 9.64 Å². The van der Waals surface area contributed by atoms with Crippen LogP contribution in [0.3, 0.4) is 0 Å². The van der Waals surface area contributed by atoms with Crippen LogP contribution >= 0.6 is 24.8 Å². The van der Waals surface area contributed by atoms with Crippen LogP contribution in [-0.2, 0) is 0 Å². The molecule has 0 atom stereocenters. The van der Waals surface area contributed by atoms with Gasteiger partial charge in [-0.25, -0.2) is 0 Å². The Balaban J connectivity index is 0.00000140. The quantitative estimate of drug-likeness (QED) is 0.707. The summed E-state index contributed by atoms with van der Waals surface area (Å²) in [5, 5.41) is 0. The van der Waals surface area contributed by atoms with Crippen LogP contribution < -0.4 is 9.64 Å². The van der Waals surface area contributed by atoms with E-state index in [1.54, 1.807) is 31.4 Å². The molecule has 1 saturated heterocycles. The maximum Gasteiger partial charge on any atom is 0.262 e. The summed E-state index contributed by atoms with van der Waals surface area (Å²) >= 11 is 0. The maximum atomic E-state index is 12.5. The number of piperazine rings is 1. The van der Waals surface area contributed by atoms with Crippen molar-refractivity contribution in [2.24, 2.45) is 0 Å². The Morgan fingerprint density at radius 1 is 0.821 bits per heavy atom. The number of nitrogens with zero attached hydrogens (tertiary/aromatic N) is 3. The molecule has 2 aliphatic rings. The van der Waals surface area contributed by atoms with Crippen molar-refractivity contribution >= 4 is 42.3 Å². The van der Waals surface area contributed by atoms with Gasteiger partial charge in [0, 0.05) is 26.2 Å². The fraction of sp³-hybridized carbons (Fsp3) is 0.300. The molecule has 4 rings (SSSR count). The number of benzene rings is 2. The highest BCUT2D eigenvalue weighted by molar-refractivity contribution is 6.21. The van der Waals surface area contributed by atoms with Crippen LogP contribution in [0.25, 0.3) is 0 Å². The Labute approximate surface area is 176 Å². The predicted molar refractivity (Wildman–Crippen MR) is 113 cm³/mol. The van der Waals surface area contributed by atoms with Crippen molar-refractivity contribution in [3.8, 4) is 5.75 Å². The molecule has 0 N–H and O–H groups in total. The van der Waals surface area contributed by atoms with Crippen molar-refractivity contribution in [2.75, 3.05) is 44.9 Å². The number of halogens is 2. The zero-order valence-electron chi connectivity index (χ0n) is 15.5. The molecule has 2 aromatic rings. The molecule has 2 amide bonds. The third-order valence-electron chi connectivity index (χ3n) is 5.02. The summed E-state index contributed by atoms with van der Waals surface area (Å²) in [4.78, 5) is 30.8. The number of imide groups is 1. The normalized spacial score (nSPS) is 16.3. The first-order valence-electron chi connectivity index (χ1n) is 8.74. The first kappa shape index (κ1) is 22.0. The summed E-state index contributed by atoms with van der Waals surface area (Å²) in [6, 6.07) is 15.0. The van der Waals surface area contributed by atoms with E-state index in [2.05, 4.69) is 15.9 Å². The molecule has 0 bridgehead atoms. The van der Waals surface area contributed by atoms with Crippen molar-refractivity contribution in [3.63, 3.8) is 0 Å². The molecule has 0 spiro atoms. The molecule has 0 aromatic heterocycles. The Hall–Kier alpha value is -2.28. The highest BCUT2D eigenvalue weighted by Gasteiger charge is 2.36. The molecule has 8 heteroatoms. The van der Waals surface area contributed by atoms with Crippen LogP contribution in [0.1, 0.15) is 20.7 Å². The highest BCUT2D eigenvalue weighted by Crippen LogP contribution is 2.29. The minimum absolute atomic E-state index is 0. The van der Waals surface area contributed by atoms with Gasteiger partial charge in [0.2, 0.25) is 0 Å². The van der Waals surface area contributed by atoms with Gasteiger partial charge in [-0.3, -0.25) is 19.4 Å². The number of hydrogen-bond donors (Lipinski definition) is 0. The second-order valence-electron chi connectivity index (χ2n) is 6.50. The molecule has 0 aliphatic carbocycles. The minimum Gasteiger partial charge on any atom is -0.495 e. The molecule has 2 aliphatic heterocycles. The van der Waals surface area contributed by atoms with E-state index in [0.29, 0.717) is 17.8 Å².